The summed E-state index contributed by atoms with van der Waals surface area (Å²) in [6.45, 7) is 2.25. The summed E-state index contributed by atoms with van der Waals surface area (Å²) in [5.74, 6) is 0.839. The Hall–Kier alpha value is -1.56. The third-order valence-corrected chi connectivity index (χ3v) is 4.09. The minimum absolute atomic E-state index is 0.376. The number of sulfone groups is 1. The highest BCUT2D eigenvalue weighted by atomic mass is 32.2. The van der Waals surface area contributed by atoms with Gasteiger partial charge in [0, 0.05) is 34.4 Å². The van der Waals surface area contributed by atoms with Crippen molar-refractivity contribution in [2.24, 2.45) is 4.99 Å². The summed E-state index contributed by atoms with van der Waals surface area (Å²) in [5, 5.41) is 0. The summed E-state index contributed by atoms with van der Waals surface area (Å²) in [6.07, 6.45) is 1.23. The first-order valence-corrected chi connectivity index (χ1v) is 8.20. The van der Waals surface area contributed by atoms with Gasteiger partial charge in [0.2, 0.25) is 0 Å². The van der Waals surface area contributed by atoms with Crippen LogP contribution >= 0.6 is 0 Å². The summed E-state index contributed by atoms with van der Waals surface area (Å²) in [6, 6.07) is 5.44. The van der Waals surface area contributed by atoms with Crippen molar-refractivity contribution >= 4 is 15.8 Å². The van der Waals surface area contributed by atoms with Crippen LogP contribution in [0.5, 0.6) is 0 Å². The average molecular weight is 297 g/mol. The van der Waals surface area contributed by atoms with E-state index < -0.39 is 9.84 Å². The van der Waals surface area contributed by atoms with E-state index in [1.807, 2.05) is 50.1 Å². The molecule has 1 rings (SSSR count). The lowest BCUT2D eigenvalue weighted by molar-refractivity contribution is 0.479. The van der Waals surface area contributed by atoms with Crippen molar-refractivity contribution < 1.29 is 8.42 Å². The van der Waals surface area contributed by atoms with Crippen LogP contribution in [0.1, 0.15) is 11.1 Å². The van der Waals surface area contributed by atoms with Gasteiger partial charge < -0.3 is 9.80 Å². The molecule has 0 bridgehead atoms. The van der Waals surface area contributed by atoms with Crippen molar-refractivity contribution in [3.8, 4) is 0 Å². The van der Waals surface area contributed by atoms with Crippen LogP contribution in [0.25, 0.3) is 0 Å². The fraction of sp³-hybridized carbons (Fsp3) is 0.500. The first-order chi connectivity index (χ1) is 9.12. The monoisotopic (exact) mass is 297 g/mol. The Balaban J connectivity index is 3.09. The number of aliphatic imine (C=N–C) groups is 1. The Morgan fingerprint density at radius 3 is 2.15 bits per heavy atom. The highest BCUT2D eigenvalue weighted by molar-refractivity contribution is 7.90. The minimum atomic E-state index is -3.20. The number of nitrogens with zero attached hydrogens (tertiary/aromatic N) is 3. The molecule has 0 atom stereocenters. The molecule has 0 saturated carbocycles. The highest BCUT2D eigenvalue weighted by Crippen LogP contribution is 2.17. The van der Waals surface area contributed by atoms with Crippen molar-refractivity contribution in [2.45, 2.75) is 18.4 Å². The lowest BCUT2D eigenvalue weighted by Crippen LogP contribution is -2.35. The minimum Gasteiger partial charge on any atom is -0.349 e. The molecule has 5 nitrogen and oxygen atoms in total. The first kappa shape index (κ1) is 16.5. The van der Waals surface area contributed by atoms with Gasteiger partial charge in [-0.05, 0) is 24.1 Å². The van der Waals surface area contributed by atoms with E-state index in [-0.39, 0.29) is 0 Å². The predicted molar refractivity (Wildman–Crippen MR) is 82.8 cm³/mol. The van der Waals surface area contributed by atoms with Gasteiger partial charge in [-0.3, -0.25) is 0 Å². The molecule has 0 aliphatic heterocycles. The summed E-state index contributed by atoms with van der Waals surface area (Å²) in [7, 11) is 4.51. The van der Waals surface area contributed by atoms with E-state index in [1.54, 1.807) is 13.0 Å². The van der Waals surface area contributed by atoms with Crippen molar-refractivity contribution in [1.82, 2.24) is 9.80 Å². The normalized spacial score (nSPS) is 11.1. The maximum absolute atomic E-state index is 11.7. The van der Waals surface area contributed by atoms with Crippen LogP contribution in [0.4, 0.5) is 0 Å². The molecule has 0 unspecified atom stereocenters. The zero-order valence-electron chi connectivity index (χ0n) is 13.0. The maximum atomic E-state index is 11.7. The molecule has 1 aromatic rings. The molecule has 0 spiro atoms. The molecule has 0 amide bonds. The maximum Gasteiger partial charge on any atom is 0.195 e. The lowest BCUT2D eigenvalue weighted by Gasteiger charge is -2.22. The summed E-state index contributed by atoms with van der Waals surface area (Å²) in [5.41, 5.74) is 1.65. The lowest BCUT2D eigenvalue weighted by atomic mass is 10.1. The largest absolute Gasteiger partial charge is 0.349 e. The van der Waals surface area contributed by atoms with Crippen LogP contribution in [-0.2, 0) is 16.4 Å². The smallest absolute Gasteiger partial charge is 0.195 e. The fourth-order valence-electron chi connectivity index (χ4n) is 1.99. The van der Waals surface area contributed by atoms with Gasteiger partial charge in [-0.1, -0.05) is 12.1 Å². The van der Waals surface area contributed by atoms with Gasteiger partial charge in [-0.25, -0.2) is 13.4 Å². The molecule has 0 fully saturated rings. The summed E-state index contributed by atoms with van der Waals surface area (Å²) in [4.78, 5) is 8.74. The number of hydrogen-bond donors (Lipinski definition) is 0. The summed E-state index contributed by atoms with van der Waals surface area (Å²) >= 11 is 0. The molecule has 20 heavy (non-hydrogen) atoms. The van der Waals surface area contributed by atoms with Gasteiger partial charge in [-0.2, -0.15) is 0 Å². The fourth-order valence-corrected chi connectivity index (χ4v) is 3.01. The second-order valence-electron chi connectivity index (χ2n) is 5.28. The van der Waals surface area contributed by atoms with E-state index in [1.165, 1.54) is 6.26 Å². The molecule has 0 radical (unpaired) electrons. The van der Waals surface area contributed by atoms with Gasteiger partial charge in [0.25, 0.3) is 0 Å². The Labute approximate surface area is 121 Å². The van der Waals surface area contributed by atoms with Crippen LogP contribution in [0.3, 0.4) is 0 Å². The number of hydrogen-bond acceptors (Lipinski definition) is 3. The molecule has 0 aliphatic carbocycles. The summed E-state index contributed by atoms with van der Waals surface area (Å²) < 4.78 is 23.4. The van der Waals surface area contributed by atoms with Crippen LogP contribution in [0.15, 0.2) is 28.1 Å². The van der Waals surface area contributed by atoms with Crippen molar-refractivity contribution in [1.29, 1.82) is 0 Å². The Morgan fingerprint density at radius 1 is 1.15 bits per heavy atom. The van der Waals surface area contributed by atoms with E-state index >= 15 is 0 Å². The van der Waals surface area contributed by atoms with Crippen molar-refractivity contribution in [2.75, 3.05) is 34.4 Å². The van der Waals surface area contributed by atoms with Crippen molar-refractivity contribution in [3.63, 3.8) is 0 Å². The second kappa shape index (κ2) is 6.26. The van der Waals surface area contributed by atoms with Crippen LogP contribution in [-0.4, -0.2) is 58.6 Å². The SMILES string of the molecule is Cc1ccc(CN=C(N(C)C)N(C)C)cc1S(C)(=O)=O. The molecule has 112 valence electrons. The zero-order chi connectivity index (χ0) is 15.5. The van der Waals surface area contributed by atoms with Gasteiger partial charge in [0.1, 0.15) is 0 Å². The molecule has 0 N–H and O–H groups in total. The van der Waals surface area contributed by atoms with Gasteiger partial charge in [0.15, 0.2) is 15.8 Å². The van der Waals surface area contributed by atoms with Gasteiger partial charge in [-0.15, -0.1) is 0 Å². The number of guanidine groups is 1. The highest BCUT2D eigenvalue weighted by Gasteiger charge is 2.11. The van der Waals surface area contributed by atoms with Crippen LogP contribution in [0, 0.1) is 6.92 Å². The molecular weight excluding hydrogens is 274 g/mol. The molecule has 0 saturated heterocycles. The standard InChI is InChI=1S/C14H23N3O2S/c1-11-7-8-12(9-13(11)20(6,18)19)10-15-14(16(2)3)17(4)5/h7-9H,10H2,1-6H3. The Bertz CT molecular complexity index is 595. The zero-order valence-corrected chi connectivity index (χ0v) is 13.8. The number of rotatable bonds is 3. The Morgan fingerprint density at radius 2 is 1.70 bits per heavy atom. The Kier molecular flexibility index (Phi) is 5.16. The quantitative estimate of drug-likeness (QED) is 0.625. The number of benzene rings is 1. The molecular formula is C14H23N3O2S. The van der Waals surface area contributed by atoms with E-state index in [0.717, 1.165) is 17.1 Å². The van der Waals surface area contributed by atoms with Crippen LogP contribution in [0.2, 0.25) is 0 Å². The topological polar surface area (TPSA) is 53.0 Å². The van der Waals surface area contributed by atoms with E-state index in [0.29, 0.717) is 11.4 Å². The van der Waals surface area contributed by atoms with E-state index in [4.69, 9.17) is 0 Å². The third-order valence-electron chi connectivity index (χ3n) is 2.86. The first-order valence-electron chi connectivity index (χ1n) is 6.31. The van der Waals surface area contributed by atoms with Gasteiger partial charge in [0.05, 0.1) is 11.4 Å². The molecule has 6 heteroatoms. The molecule has 0 aliphatic rings. The number of aryl methyl sites for hydroxylation is 1. The van der Waals surface area contributed by atoms with Crippen molar-refractivity contribution in [3.05, 3.63) is 29.3 Å². The second-order valence-corrected chi connectivity index (χ2v) is 7.26. The van der Waals surface area contributed by atoms with E-state index in [9.17, 15) is 8.42 Å². The third kappa shape index (κ3) is 4.23. The van der Waals surface area contributed by atoms with Crippen LogP contribution < -0.4 is 0 Å². The predicted octanol–water partition coefficient (Wildman–Crippen LogP) is 1.38. The van der Waals surface area contributed by atoms with Gasteiger partial charge >= 0.3 is 0 Å². The molecule has 0 heterocycles. The van der Waals surface area contributed by atoms with E-state index in [2.05, 4.69) is 4.99 Å². The molecule has 0 aromatic heterocycles. The molecule has 1 aromatic carbocycles. The average Bonchev–Trinajstić information content (AvgIpc) is 2.28.